The van der Waals surface area contributed by atoms with Gasteiger partial charge in [-0.05, 0) is 38.0 Å². The molecule has 1 saturated heterocycles. The van der Waals surface area contributed by atoms with E-state index in [1.807, 2.05) is 11.3 Å². The van der Waals surface area contributed by atoms with E-state index < -0.39 is 0 Å². The van der Waals surface area contributed by atoms with Crippen LogP contribution >= 0.6 is 11.3 Å². The van der Waals surface area contributed by atoms with Gasteiger partial charge in [-0.25, -0.2) is 4.98 Å². The predicted molar refractivity (Wildman–Crippen MR) is 88.2 cm³/mol. The minimum Gasteiger partial charge on any atom is -0.384 e. The van der Waals surface area contributed by atoms with Crippen LogP contribution in [0.4, 0.5) is 5.13 Å². The Morgan fingerprint density at radius 2 is 2.05 bits per heavy atom. The van der Waals surface area contributed by atoms with Crippen molar-refractivity contribution in [1.82, 2.24) is 10.3 Å². The van der Waals surface area contributed by atoms with Crippen LogP contribution < -0.4 is 10.2 Å². The molecule has 0 spiro atoms. The average molecular weight is 309 g/mol. The number of ether oxygens (including phenoxy) is 1. The fourth-order valence-corrected chi connectivity index (χ4v) is 4.12. The lowest BCUT2D eigenvalue weighted by Gasteiger charge is -2.31. The monoisotopic (exact) mass is 309 g/mol. The summed E-state index contributed by atoms with van der Waals surface area (Å²) in [6.45, 7) is 6.37. The van der Waals surface area contributed by atoms with E-state index in [1.54, 1.807) is 7.11 Å². The van der Waals surface area contributed by atoms with E-state index in [4.69, 9.17) is 9.72 Å². The largest absolute Gasteiger partial charge is 0.384 e. The van der Waals surface area contributed by atoms with Gasteiger partial charge >= 0.3 is 0 Å². The Kier molecular flexibility index (Phi) is 5.14. The third-order valence-corrected chi connectivity index (χ3v) is 5.68. The molecule has 1 N–H and O–H groups in total. The predicted octanol–water partition coefficient (Wildman–Crippen LogP) is 2.82. The van der Waals surface area contributed by atoms with Crippen LogP contribution in [-0.2, 0) is 17.7 Å². The van der Waals surface area contributed by atoms with Crippen LogP contribution in [0, 0.1) is 5.92 Å². The highest BCUT2D eigenvalue weighted by Gasteiger charge is 2.24. The molecular formula is C16H27N3OS. The van der Waals surface area contributed by atoms with Gasteiger partial charge in [0.15, 0.2) is 5.13 Å². The van der Waals surface area contributed by atoms with E-state index >= 15 is 0 Å². The quantitative estimate of drug-likeness (QED) is 0.840. The number of aryl methyl sites for hydroxylation is 1. The zero-order chi connectivity index (χ0) is 14.7. The first-order valence-electron chi connectivity index (χ1n) is 8.26. The highest BCUT2D eigenvalue weighted by molar-refractivity contribution is 7.15. The lowest BCUT2D eigenvalue weighted by atomic mass is 9.98. The zero-order valence-corrected chi connectivity index (χ0v) is 14.0. The van der Waals surface area contributed by atoms with E-state index in [0.717, 1.165) is 44.6 Å². The molecule has 0 aromatic carbocycles. The number of aromatic nitrogens is 1. The maximum Gasteiger partial charge on any atom is 0.185 e. The number of anilines is 1. The molecule has 0 atom stereocenters. The Labute approximate surface area is 131 Å². The third kappa shape index (κ3) is 3.96. The van der Waals surface area contributed by atoms with Crippen LogP contribution in [0.3, 0.4) is 0 Å². The lowest BCUT2D eigenvalue weighted by Crippen LogP contribution is -2.34. The molecule has 118 valence electrons. The second kappa shape index (κ2) is 7.07. The molecule has 21 heavy (non-hydrogen) atoms. The third-order valence-electron chi connectivity index (χ3n) is 4.52. The van der Waals surface area contributed by atoms with Gasteiger partial charge in [0.25, 0.3) is 0 Å². The summed E-state index contributed by atoms with van der Waals surface area (Å²) in [4.78, 5) is 8.81. The molecule has 1 saturated carbocycles. The second-order valence-corrected chi connectivity index (χ2v) is 7.32. The van der Waals surface area contributed by atoms with E-state index in [0.29, 0.717) is 0 Å². The van der Waals surface area contributed by atoms with Crippen LogP contribution in [0.2, 0.25) is 0 Å². The number of thiazole rings is 1. The first-order chi connectivity index (χ1) is 10.3. The van der Waals surface area contributed by atoms with Gasteiger partial charge in [0, 0.05) is 44.3 Å². The Balaban J connectivity index is 1.59. The molecule has 1 aliphatic heterocycles. The molecule has 5 heteroatoms. The van der Waals surface area contributed by atoms with Crippen molar-refractivity contribution < 1.29 is 4.74 Å². The molecule has 1 aliphatic carbocycles. The van der Waals surface area contributed by atoms with Crippen LogP contribution in [0.25, 0.3) is 0 Å². The fraction of sp³-hybridized carbons (Fsp3) is 0.812. The van der Waals surface area contributed by atoms with E-state index in [1.165, 1.54) is 41.4 Å². The lowest BCUT2D eigenvalue weighted by molar-refractivity contribution is 0.139. The Bertz CT molecular complexity index is 450. The Hall–Kier alpha value is -0.650. The minimum atomic E-state index is 0.730. The standard InChI is InChI=1S/C16H27N3OS/c1-3-14-15(10-17-13-4-5-13)21-16(18-14)19-8-6-12(7-9-19)11-20-2/h12-13,17H,3-11H2,1-2H3. The van der Waals surface area contributed by atoms with Gasteiger partial charge < -0.3 is 15.0 Å². The molecule has 1 aromatic rings. The van der Waals surface area contributed by atoms with Crippen molar-refractivity contribution in [3.8, 4) is 0 Å². The summed E-state index contributed by atoms with van der Waals surface area (Å²) in [5, 5.41) is 4.85. The first kappa shape index (κ1) is 15.3. The smallest absolute Gasteiger partial charge is 0.185 e. The number of hydrogen-bond acceptors (Lipinski definition) is 5. The van der Waals surface area contributed by atoms with Gasteiger partial charge in [-0.15, -0.1) is 11.3 Å². The molecule has 2 fully saturated rings. The maximum atomic E-state index is 5.28. The summed E-state index contributed by atoms with van der Waals surface area (Å²) in [5.74, 6) is 0.730. The Morgan fingerprint density at radius 1 is 1.29 bits per heavy atom. The van der Waals surface area contributed by atoms with E-state index in [2.05, 4.69) is 17.1 Å². The molecule has 2 heterocycles. The molecule has 0 amide bonds. The average Bonchev–Trinajstić information content (AvgIpc) is 3.25. The molecule has 3 rings (SSSR count). The number of hydrogen-bond donors (Lipinski definition) is 1. The molecule has 0 radical (unpaired) electrons. The highest BCUT2D eigenvalue weighted by Crippen LogP contribution is 2.31. The van der Waals surface area contributed by atoms with Crippen molar-refractivity contribution in [2.24, 2.45) is 5.92 Å². The van der Waals surface area contributed by atoms with Crippen molar-refractivity contribution in [1.29, 1.82) is 0 Å². The van der Waals surface area contributed by atoms with E-state index in [9.17, 15) is 0 Å². The maximum absolute atomic E-state index is 5.28. The summed E-state index contributed by atoms with van der Waals surface area (Å²) in [7, 11) is 1.81. The minimum absolute atomic E-state index is 0.730. The number of rotatable bonds is 7. The first-order valence-corrected chi connectivity index (χ1v) is 9.07. The SMILES string of the molecule is CCc1nc(N2CCC(COC)CC2)sc1CNC1CC1. The van der Waals surface area contributed by atoms with Crippen molar-refractivity contribution >= 4 is 16.5 Å². The van der Waals surface area contributed by atoms with Crippen LogP contribution in [0.1, 0.15) is 43.2 Å². The van der Waals surface area contributed by atoms with Gasteiger partial charge in [-0.1, -0.05) is 6.92 Å². The second-order valence-electron chi connectivity index (χ2n) is 6.26. The van der Waals surface area contributed by atoms with Gasteiger partial charge in [0.05, 0.1) is 5.69 Å². The van der Waals surface area contributed by atoms with Crippen molar-refractivity contribution in [2.45, 2.75) is 51.6 Å². The van der Waals surface area contributed by atoms with Gasteiger partial charge in [-0.3, -0.25) is 0 Å². The summed E-state index contributed by atoms with van der Waals surface area (Å²) in [5.41, 5.74) is 1.29. The van der Waals surface area contributed by atoms with E-state index in [-0.39, 0.29) is 0 Å². The van der Waals surface area contributed by atoms with Crippen molar-refractivity contribution in [3.63, 3.8) is 0 Å². The number of nitrogens with one attached hydrogen (secondary N) is 1. The van der Waals surface area contributed by atoms with Gasteiger partial charge in [0.1, 0.15) is 0 Å². The molecular weight excluding hydrogens is 282 g/mol. The van der Waals surface area contributed by atoms with Gasteiger partial charge in [-0.2, -0.15) is 0 Å². The number of piperidine rings is 1. The molecule has 4 nitrogen and oxygen atoms in total. The van der Waals surface area contributed by atoms with Crippen LogP contribution in [-0.4, -0.2) is 37.8 Å². The number of nitrogens with zero attached hydrogens (tertiary/aromatic N) is 2. The van der Waals surface area contributed by atoms with Crippen molar-refractivity contribution in [2.75, 3.05) is 31.7 Å². The summed E-state index contributed by atoms with van der Waals surface area (Å²) in [6.07, 6.45) is 6.19. The summed E-state index contributed by atoms with van der Waals surface area (Å²) in [6, 6.07) is 0.769. The molecule has 0 bridgehead atoms. The number of methoxy groups -OCH3 is 1. The van der Waals surface area contributed by atoms with Crippen molar-refractivity contribution in [3.05, 3.63) is 10.6 Å². The normalized spacial score (nSPS) is 20.2. The topological polar surface area (TPSA) is 37.4 Å². The van der Waals surface area contributed by atoms with Gasteiger partial charge in [0.2, 0.25) is 0 Å². The summed E-state index contributed by atoms with van der Waals surface area (Å²) >= 11 is 1.90. The molecule has 1 aromatic heterocycles. The molecule has 2 aliphatic rings. The Morgan fingerprint density at radius 3 is 2.67 bits per heavy atom. The highest BCUT2D eigenvalue weighted by atomic mass is 32.1. The van der Waals surface area contributed by atoms with Crippen LogP contribution in [0.5, 0.6) is 0 Å². The fourth-order valence-electron chi connectivity index (χ4n) is 2.97. The zero-order valence-electron chi connectivity index (χ0n) is 13.2. The summed E-state index contributed by atoms with van der Waals surface area (Å²) < 4.78 is 5.28. The van der Waals surface area contributed by atoms with Crippen LogP contribution in [0.15, 0.2) is 0 Å². The molecule has 0 unspecified atom stereocenters.